The summed E-state index contributed by atoms with van der Waals surface area (Å²) in [5.74, 6) is 4.04. The highest BCUT2D eigenvalue weighted by Crippen LogP contribution is 2.27. The quantitative estimate of drug-likeness (QED) is 0.270. The van der Waals surface area contributed by atoms with E-state index in [4.69, 9.17) is 9.47 Å². The Bertz CT molecular complexity index is 537. The van der Waals surface area contributed by atoms with Crippen molar-refractivity contribution in [3.8, 4) is 23.3 Å². The van der Waals surface area contributed by atoms with Gasteiger partial charge in [0.15, 0.2) is 11.5 Å². The Morgan fingerprint density at radius 3 is 2.37 bits per heavy atom. The topological polar surface area (TPSA) is 61.8 Å². The molecule has 1 aromatic carbocycles. The largest absolute Gasteiger partial charge is 0.493 e. The minimum Gasteiger partial charge on any atom is -0.493 e. The first-order valence-corrected chi connectivity index (χ1v) is 5.57. The van der Waals surface area contributed by atoms with Gasteiger partial charge in [-0.1, -0.05) is 0 Å². The maximum Gasteiger partial charge on any atom is 0.384 e. The van der Waals surface area contributed by atoms with Gasteiger partial charge in [-0.15, -0.1) is 0 Å². The predicted molar refractivity (Wildman–Crippen MR) is 68.3 cm³/mol. The van der Waals surface area contributed by atoms with Crippen molar-refractivity contribution in [2.24, 2.45) is 0 Å². The van der Waals surface area contributed by atoms with E-state index in [1.54, 1.807) is 19.1 Å². The molecule has 0 aliphatic carbocycles. The molecule has 5 nitrogen and oxygen atoms in total. The van der Waals surface area contributed by atoms with Crippen molar-refractivity contribution in [2.75, 3.05) is 20.8 Å². The van der Waals surface area contributed by atoms with Crippen LogP contribution in [0.2, 0.25) is 0 Å². The number of rotatable bonds is 4. The van der Waals surface area contributed by atoms with E-state index < -0.39 is 11.8 Å². The summed E-state index contributed by atoms with van der Waals surface area (Å²) in [6, 6.07) is 4.64. The normalized spacial score (nSPS) is 9.00. The number of esters is 1. The third-order valence-corrected chi connectivity index (χ3v) is 2.20. The monoisotopic (exact) mass is 262 g/mol. The number of carbonyl (C=O) groups is 2. The summed E-state index contributed by atoms with van der Waals surface area (Å²) < 4.78 is 14.7. The molecule has 19 heavy (non-hydrogen) atoms. The molecular weight excluding hydrogens is 248 g/mol. The molecule has 1 rings (SSSR count). The van der Waals surface area contributed by atoms with E-state index in [2.05, 4.69) is 16.6 Å². The van der Waals surface area contributed by atoms with Crippen LogP contribution >= 0.6 is 0 Å². The summed E-state index contributed by atoms with van der Waals surface area (Å²) in [5.41, 5.74) is 0.314. The molecule has 0 bridgehead atoms. The Kier molecular flexibility index (Phi) is 5.42. The van der Waals surface area contributed by atoms with Crippen LogP contribution in [0.3, 0.4) is 0 Å². The Morgan fingerprint density at radius 1 is 1.11 bits per heavy atom. The van der Waals surface area contributed by atoms with Crippen molar-refractivity contribution in [2.45, 2.75) is 6.92 Å². The van der Waals surface area contributed by atoms with E-state index >= 15 is 0 Å². The second-order valence-electron chi connectivity index (χ2n) is 3.37. The smallest absolute Gasteiger partial charge is 0.384 e. The molecule has 0 atom stereocenters. The Hall–Kier alpha value is -2.48. The summed E-state index contributed by atoms with van der Waals surface area (Å²) in [7, 11) is 2.97. The van der Waals surface area contributed by atoms with Gasteiger partial charge in [0.1, 0.15) is 0 Å². The zero-order valence-electron chi connectivity index (χ0n) is 11.0. The van der Waals surface area contributed by atoms with Gasteiger partial charge in [0.2, 0.25) is 5.78 Å². The number of carbonyl (C=O) groups excluding carboxylic acids is 2. The van der Waals surface area contributed by atoms with Crippen LogP contribution in [0.15, 0.2) is 18.2 Å². The maximum atomic E-state index is 11.7. The van der Waals surface area contributed by atoms with E-state index in [1.165, 1.54) is 20.3 Å². The van der Waals surface area contributed by atoms with Gasteiger partial charge in [-0.25, -0.2) is 4.79 Å². The average Bonchev–Trinajstić information content (AvgIpc) is 2.44. The first-order chi connectivity index (χ1) is 9.12. The molecule has 100 valence electrons. The molecular formula is C14H14O5. The zero-order chi connectivity index (χ0) is 14.3. The van der Waals surface area contributed by atoms with Crippen LogP contribution in [0.4, 0.5) is 0 Å². The molecule has 0 aliphatic heterocycles. The zero-order valence-corrected chi connectivity index (χ0v) is 11.0. The second-order valence-corrected chi connectivity index (χ2v) is 3.37. The molecule has 5 heteroatoms. The lowest BCUT2D eigenvalue weighted by Crippen LogP contribution is -2.02. The summed E-state index contributed by atoms with van der Waals surface area (Å²) in [6.07, 6.45) is 0. The van der Waals surface area contributed by atoms with E-state index in [0.717, 1.165) is 0 Å². The van der Waals surface area contributed by atoms with Crippen molar-refractivity contribution in [3.63, 3.8) is 0 Å². The Labute approximate surface area is 111 Å². The number of ketones is 1. The van der Waals surface area contributed by atoms with E-state index in [-0.39, 0.29) is 6.61 Å². The predicted octanol–water partition coefficient (Wildman–Crippen LogP) is 1.45. The highest BCUT2D eigenvalue weighted by atomic mass is 16.5. The number of Topliss-reactive ketones (excluding diaryl/α,β-unsaturated/α-hetero) is 1. The number of hydrogen-bond acceptors (Lipinski definition) is 5. The van der Waals surface area contributed by atoms with Crippen LogP contribution in [-0.2, 0) is 9.53 Å². The molecule has 0 unspecified atom stereocenters. The molecule has 0 saturated carbocycles. The Balaban J connectivity index is 2.91. The summed E-state index contributed by atoms with van der Waals surface area (Å²) in [5, 5.41) is 0. The molecule has 1 aromatic rings. The molecule has 0 aromatic heterocycles. The third-order valence-electron chi connectivity index (χ3n) is 2.20. The van der Waals surface area contributed by atoms with E-state index in [0.29, 0.717) is 17.1 Å². The molecule has 0 saturated heterocycles. The van der Waals surface area contributed by atoms with Gasteiger partial charge < -0.3 is 14.2 Å². The first-order valence-electron chi connectivity index (χ1n) is 5.57. The Morgan fingerprint density at radius 2 is 1.79 bits per heavy atom. The minimum atomic E-state index is -0.726. The fraction of sp³-hybridized carbons (Fsp3) is 0.286. The van der Waals surface area contributed by atoms with E-state index in [9.17, 15) is 9.59 Å². The maximum absolute atomic E-state index is 11.7. The lowest BCUT2D eigenvalue weighted by atomic mass is 10.1. The summed E-state index contributed by atoms with van der Waals surface area (Å²) >= 11 is 0. The van der Waals surface area contributed by atoms with Gasteiger partial charge >= 0.3 is 5.97 Å². The molecule has 0 spiro atoms. The molecule has 0 heterocycles. The van der Waals surface area contributed by atoms with Gasteiger partial charge in [0, 0.05) is 11.5 Å². The first kappa shape index (κ1) is 14.6. The molecule has 0 amide bonds. The number of benzene rings is 1. The molecule has 0 N–H and O–H groups in total. The van der Waals surface area contributed by atoms with Gasteiger partial charge in [-0.3, -0.25) is 4.79 Å². The second kappa shape index (κ2) is 7.07. The van der Waals surface area contributed by atoms with Crippen LogP contribution in [0.5, 0.6) is 11.5 Å². The van der Waals surface area contributed by atoms with Gasteiger partial charge in [0.25, 0.3) is 0 Å². The highest BCUT2D eigenvalue weighted by molar-refractivity contribution is 6.12. The number of hydrogen-bond donors (Lipinski definition) is 0. The molecule has 0 radical (unpaired) electrons. The van der Waals surface area contributed by atoms with Crippen LogP contribution in [-0.4, -0.2) is 32.6 Å². The van der Waals surface area contributed by atoms with E-state index in [1.807, 2.05) is 0 Å². The number of methoxy groups -OCH3 is 2. The number of ether oxygens (including phenoxy) is 3. The lowest BCUT2D eigenvalue weighted by Gasteiger charge is -2.07. The summed E-state index contributed by atoms with van der Waals surface area (Å²) in [4.78, 5) is 22.8. The van der Waals surface area contributed by atoms with Crippen molar-refractivity contribution < 1.29 is 23.8 Å². The van der Waals surface area contributed by atoms with Crippen LogP contribution < -0.4 is 9.47 Å². The molecule has 0 aliphatic rings. The van der Waals surface area contributed by atoms with Gasteiger partial charge in [-0.05, 0) is 31.0 Å². The fourth-order valence-corrected chi connectivity index (χ4v) is 1.32. The van der Waals surface area contributed by atoms with Crippen molar-refractivity contribution in [1.82, 2.24) is 0 Å². The third kappa shape index (κ3) is 4.03. The highest BCUT2D eigenvalue weighted by Gasteiger charge is 2.09. The lowest BCUT2D eigenvalue weighted by molar-refractivity contribution is -0.136. The van der Waals surface area contributed by atoms with Crippen molar-refractivity contribution >= 4 is 11.8 Å². The standard InChI is InChI=1S/C14H14O5/c1-4-19-14(16)8-6-11(15)10-5-7-12(17-2)13(9-10)18-3/h5,7,9H,4H2,1-3H3. The SMILES string of the molecule is CCOC(=O)C#CC(=O)c1ccc(OC)c(OC)c1. The molecule has 0 fully saturated rings. The fourth-order valence-electron chi connectivity index (χ4n) is 1.32. The minimum absolute atomic E-state index is 0.220. The van der Waals surface area contributed by atoms with Gasteiger partial charge in [-0.2, -0.15) is 0 Å². The summed E-state index contributed by atoms with van der Waals surface area (Å²) in [6.45, 7) is 1.88. The van der Waals surface area contributed by atoms with Crippen LogP contribution in [0.1, 0.15) is 17.3 Å². The van der Waals surface area contributed by atoms with Gasteiger partial charge in [0.05, 0.1) is 20.8 Å². The van der Waals surface area contributed by atoms with Crippen molar-refractivity contribution in [3.05, 3.63) is 23.8 Å². The average molecular weight is 262 g/mol. The van der Waals surface area contributed by atoms with Crippen LogP contribution in [0.25, 0.3) is 0 Å². The van der Waals surface area contributed by atoms with Crippen molar-refractivity contribution in [1.29, 1.82) is 0 Å². The van der Waals surface area contributed by atoms with Crippen LogP contribution in [0, 0.1) is 11.8 Å².